The number of halogens is 4. The topological polar surface area (TPSA) is 84.1 Å². The molecule has 1 amide bonds. The smallest absolute Gasteiger partial charge is 0.369 e. The van der Waals surface area contributed by atoms with Crippen LogP contribution in [0.1, 0.15) is 54.0 Å². The van der Waals surface area contributed by atoms with Gasteiger partial charge in [0.1, 0.15) is 6.33 Å². The number of nitrogens with two attached hydrogens (primary N) is 1. The van der Waals surface area contributed by atoms with Crippen LogP contribution in [0, 0.1) is 11.7 Å². The number of rotatable bonds is 10. The van der Waals surface area contributed by atoms with Crippen LogP contribution in [0.5, 0.6) is 0 Å². The van der Waals surface area contributed by atoms with Crippen molar-refractivity contribution < 1.29 is 22.4 Å². The number of benzene rings is 2. The third-order valence-corrected chi connectivity index (χ3v) is 6.76. The molecule has 0 spiro atoms. The monoisotopic (exact) mass is 513 g/mol. The predicted octanol–water partition coefficient (Wildman–Crippen LogP) is 5.39. The Balaban J connectivity index is 1.38. The van der Waals surface area contributed by atoms with E-state index in [9.17, 15) is 18.0 Å². The molecule has 1 unspecified atom stereocenters. The Morgan fingerprint density at radius 1 is 1.00 bits per heavy atom. The van der Waals surface area contributed by atoms with Crippen LogP contribution in [0.25, 0.3) is 0 Å². The zero-order chi connectivity index (χ0) is 26.2. The van der Waals surface area contributed by atoms with Gasteiger partial charge in [-0.2, -0.15) is 17.6 Å². The molecule has 2 aliphatic rings. The Bertz CT molecular complexity index is 1260. The molecule has 1 atom stereocenters. The van der Waals surface area contributed by atoms with Crippen molar-refractivity contribution in [3.05, 3.63) is 82.9 Å². The largest absolute Gasteiger partial charge is 0.416 e. The number of nitrogens with one attached hydrogen (secondary N) is 1. The summed E-state index contributed by atoms with van der Waals surface area (Å²) >= 11 is 0. The first-order valence-electron chi connectivity index (χ1n) is 12.3. The molecule has 37 heavy (non-hydrogen) atoms. The number of nitrogens with zero attached hydrogens (tertiary/aromatic N) is 3. The normalized spacial score (nSPS) is 16.3. The van der Waals surface area contributed by atoms with Gasteiger partial charge in [0.05, 0.1) is 18.0 Å². The molecule has 0 bridgehead atoms. The van der Waals surface area contributed by atoms with Gasteiger partial charge in [-0.3, -0.25) is 4.79 Å². The van der Waals surface area contributed by atoms with Crippen molar-refractivity contribution in [2.24, 2.45) is 11.7 Å². The van der Waals surface area contributed by atoms with Gasteiger partial charge in [-0.25, -0.2) is 9.97 Å². The van der Waals surface area contributed by atoms with Crippen LogP contribution in [-0.2, 0) is 23.9 Å². The van der Waals surface area contributed by atoms with Crippen molar-refractivity contribution in [3.8, 4) is 0 Å². The molecule has 2 fully saturated rings. The third kappa shape index (κ3) is 5.84. The van der Waals surface area contributed by atoms with Gasteiger partial charge < -0.3 is 16.0 Å². The maximum Gasteiger partial charge on any atom is 0.416 e. The highest BCUT2D eigenvalue weighted by atomic mass is 19.4. The molecule has 1 heterocycles. The summed E-state index contributed by atoms with van der Waals surface area (Å²) in [7, 11) is 0. The number of carbonyl (C=O) groups excluding carboxylic acids is 1. The van der Waals surface area contributed by atoms with Crippen LogP contribution in [0.15, 0.2) is 54.9 Å². The number of hydrogen-bond acceptors (Lipinski definition) is 5. The Morgan fingerprint density at radius 2 is 1.65 bits per heavy atom. The fourth-order valence-corrected chi connectivity index (χ4v) is 4.65. The molecule has 2 aliphatic carbocycles. The summed E-state index contributed by atoms with van der Waals surface area (Å²) in [5, 5.41) is 3.02. The maximum atomic E-state index is 15.8. The Hall–Kier alpha value is -3.69. The van der Waals surface area contributed by atoms with Gasteiger partial charge in [0.25, 0.3) is 0 Å². The van der Waals surface area contributed by atoms with E-state index in [1.54, 1.807) is 12.1 Å². The minimum absolute atomic E-state index is 0.0545. The number of carbonyl (C=O) groups is 1. The maximum absolute atomic E-state index is 15.8. The van der Waals surface area contributed by atoms with Crippen molar-refractivity contribution in [3.63, 3.8) is 0 Å². The molecule has 3 N–H and O–H groups in total. The van der Waals surface area contributed by atoms with E-state index >= 15 is 4.39 Å². The summed E-state index contributed by atoms with van der Waals surface area (Å²) in [4.78, 5) is 21.4. The van der Waals surface area contributed by atoms with E-state index in [0.29, 0.717) is 6.54 Å². The van der Waals surface area contributed by atoms with Crippen molar-refractivity contribution >= 4 is 17.5 Å². The van der Waals surface area contributed by atoms with Gasteiger partial charge in [-0.15, -0.1) is 0 Å². The lowest BCUT2D eigenvalue weighted by Gasteiger charge is -2.34. The quantitative estimate of drug-likeness (QED) is 0.355. The van der Waals surface area contributed by atoms with Gasteiger partial charge in [0.2, 0.25) is 11.7 Å². The minimum Gasteiger partial charge on any atom is -0.369 e. The first-order valence-corrected chi connectivity index (χ1v) is 12.3. The molecule has 5 rings (SSSR count). The lowest BCUT2D eigenvalue weighted by molar-refractivity contribution is -0.137. The highest BCUT2D eigenvalue weighted by molar-refractivity contribution is 5.76. The van der Waals surface area contributed by atoms with E-state index in [1.165, 1.54) is 18.5 Å². The van der Waals surface area contributed by atoms with E-state index in [0.717, 1.165) is 54.5 Å². The molecule has 2 aromatic carbocycles. The zero-order valence-electron chi connectivity index (χ0n) is 20.0. The zero-order valence-corrected chi connectivity index (χ0v) is 20.0. The fraction of sp³-hybridized carbons (Fsp3) is 0.370. The van der Waals surface area contributed by atoms with Crippen molar-refractivity contribution in [2.45, 2.75) is 56.9 Å². The molecule has 2 saturated carbocycles. The number of alkyl halides is 3. The summed E-state index contributed by atoms with van der Waals surface area (Å²) in [6.07, 6.45) is 0.641. The summed E-state index contributed by atoms with van der Waals surface area (Å²) in [5.74, 6) is -0.561. The minimum atomic E-state index is -4.41. The number of amides is 1. The standard InChI is InChI=1S/C27H27F4N5O/c28-23-25(33-14-17-3-1-16(2-4-17)13-22(32)37)34-15-35-26(23)36(21-11-12-21)24(18-5-6-18)19-7-9-20(10-8-19)27(29,30)31/h1-4,7-10,15,18,21,24H,5-6,11-14H2,(H2,32,37)(H,33,34,35). The van der Waals surface area contributed by atoms with Crippen LogP contribution in [0.2, 0.25) is 0 Å². The fourth-order valence-electron chi connectivity index (χ4n) is 4.65. The van der Waals surface area contributed by atoms with Crippen molar-refractivity contribution in [1.82, 2.24) is 9.97 Å². The average molecular weight is 514 g/mol. The number of hydrogen-bond donors (Lipinski definition) is 2. The predicted molar refractivity (Wildman–Crippen MR) is 131 cm³/mol. The number of aromatic nitrogens is 2. The molecule has 1 aromatic heterocycles. The molecule has 0 radical (unpaired) electrons. The first-order chi connectivity index (χ1) is 17.7. The van der Waals surface area contributed by atoms with Crippen molar-refractivity contribution in [2.75, 3.05) is 10.2 Å². The molecule has 194 valence electrons. The highest BCUT2D eigenvalue weighted by Gasteiger charge is 2.44. The van der Waals surface area contributed by atoms with Gasteiger partial charge in [0, 0.05) is 12.6 Å². The van der Waals surface area contributed by atoms with Gasteiger partial charge >= 0.3 is 6.18 Å². The van der Waals surface area contributed by atoms with E-state index in [-0.39, 0.29) is 36.1 Å². The molecule has 0 aliphatic heterocycles. The second kappa shape index (κ2) is 9.99. The van der Waals surface area contributed by atoms with Gasteiger partial charge in [0.15, 0.2) is 11.6 Å². The van der Waals surface area contributed by atoms with Gasteiger partial charge in [-0.05, 0) is 60.4 Å². The van der Waals surface area contributed by atoms with E-state index in [1.807, 2.05) is 17.0 Å². The molecular formula is C27H27F4N5O. The molecule has 6 nitrogen and oxygen atoms in total. The lowest BCUT2D eigenvalue weighted by Crippen LogP contribution is -2.34. The third-order valence-electron chi connectivity index (χ3n) is 6.76. The lowest BCUT2D eigenvalue weighted by atomic mass is 9.98. The Morgan fingerprint density at radius 3 is 2.22 bits per heavy atom. The van der Waals surface area contributed by atoms with Crippen LogP contribution < -0.4 is 16.0 Å². The SMILES string of the molecule is NC(=O)Cc1ccc(CNc2ncnc(N(C3CC3)C(c3ccc(C(F)(F)F)cc3)C3CC3)c2F)cc1. The average Bonchev–Trinajstić information content (AvgIpc) is 3.77. The summed E-state index contributed by atoms with van der Waals surface area (Å²) in [6.45, 7) is 0.304. The molecular weight excluding hydrogens is 486 g/mol. The van der Waals surface area contributed by atoms with Crippen LogP contribution in [0.3, 0.4) is 0 Å². The second-order valence-electron chi connectivity index (χ2n) is 9.71. The second-order valence-corrected chi connectivity index (χ2v) is 9.71. The summed E-state index contributed by atoms with van der Waals surface area (Å²) < 4.78 is 55.1. The van der Waals surface area contributed by atoms with Crippen LogP contribution >= 0.6 is 0 Å². The Labute approximate surface area is 211 Å². The number of primary amides is 1. The van der Waals surface area contributed by atoms with E-state index in [4.69, 9.17) is 5.73 Å². The Kier molecular flexibility index (Phi) is 6.74. The van der Waals surface area contributed by atoms with Crippen molar-refractivity contribution in [1.29, 1.82) is 0 Å². The molecule has 10 heteroatoms. The van der Waals surface area contributed by atoms with E-state index < -0.39 is 23.5 Å². The summed E-state index contributed by atoms with van der Waals surface area (Å²) in [5.41, 5.74) is 6.91. The number of anilines is 2. The van der Waals surface area contributed by atoms with E-state index in [2.05, 4.69) is 15.3 Å². The highest BCUT2D eigenvalue weighted by Crippen LogP contribution is 2.50. The summed E-state index contributed by atoms with van der Waals surface area (Å²) in [6, 6.07) is 12.2. The molecule has 0 saturated heterocycles. The van der Waals surface area contributed by atoms with Crippen LogP contribution in [-0.4, -0.2) is 21.9 Å². The molecule has 3 aromatic rings. The van der Waals surface area contributed by atoms with Crippen LogP contribution in [0.4, 0.5) is 29.2 Å². The van der Waals surface area contributed by atoms with Gasteiger partial charge in [-0.1, -0.05) is 36.4 Å². The first kappa shape index (κ1) is 25.0.